The number of hydrogen-bond donors (Lipinski definition) is 1. The highest BCUT2D eigenvalue weighted by molar-refractivity contribution is 7.89. The Hall–Kier alpha value is -3.16. The van der Waals surface area contributed by atoms with Gasteiger partial charge in [-0.25, -0.2) is 8.42 Å². The van der Waals surface area contributed by atoms with Crippen molar-refractivity contribution in [3.63, 3.8) is 0 Å². The number of piperidine rings is 1. The average molecular weight is 465 g/mol. The summed E-state index contributed by atoms with van der Waals surface area (Å²) in [6, 6.07) is 25.3. The van der Waals surface area contributed by atoms with Gasteiger partial charge >= 0.3 is 0 Å². The molecule has 0 spiro atoms. The molecule has 0 aromatic heterocycles. The summed E-state index contributed by atoms with van der Waals surface area (Å²) >= 11 is 0. The number of hydrogen-bond acceptors (Lipinski definition) is 4. The Bertz CT molecular complexity index is 1180. The van der Waals surface area contributed by atoms with E-state index in [0.717, 1.165) is 11.1 Å². The van der Waals surface area contributed by atoms with Crippen LogP contribution in [0.1, 0.15) is 30.0 Å². The summed E-state index contributed by atoms with van der Waals surface area (Å²) in [6.07, 6.45) is 1.27. The van der Waals surface area contributed by atoms with Crippen molar-refractivity contribution < 1.29 is 17.9 Å². The third kappa shape index (κ3) is 5.10. The van der Waals surface area contributed by atoms with Gasteiger partial charge in [-0.05, 0) is 36.6 Å². The van der Waals surface area contributed by atoms with E-state index < -0.39 is 22.0 Å². The van der Waals surface area contributed by atoms with E-state index in [1.165, 1.54) is 4.31 Å². The molecule has 0 radical (unpaired) electrons. The first-order valence-electron chi connectivity index (χ1n) is 11.0. The summed E-state index contributed by atoms with van der Waals surface area (Å²) in [4.78, 5) is 13.6. The van der Waals surface area contributed by atoms with Crippen LogP contribution in [-0.4, -0.2) is 38.8 Å². The lowest BCUT2D eigenvalue weighted by molar-refractivity contribution is -0.126. The molecule has 0 aliphatic carbocycles. The Morgan fingerprint density at radius 2 is 1.61 bits per heavy atom. The molecule has 1 heterocycles. The fourth-order valence-corrected chi connectivity index (χ4v) is 5.81. The van der Waals surface area contributed by atoms with E-state index in [0.29, 0.717) is 25.1 Å². The Morgan fingerprint density at radius 3 is 2.30 bits per heavy atom. The van der Waals surface area contributed by atoms with Gasteiger partial charge in [-0.2, -0.15) is 4.31 Å². The molecule has 172 valence electrons. The van der Waals surface area contributed by atoms with Gasteiger partial charge in [0.1, 0.15) is 5.75 Å². The predicted molar refractivity (Wildman–Crippen MR) is 127 cm³/mol. The van der Waals surface area contributed by atoms with Gasteiger partial charge in [0.25, 0.3) is 0 Å². The van der Waals surface area contributed by atoms with Crippen molar-refractivity contribution >= 4 is 15.9 Å². The number of nitrogens with zero attached hydrogens (tertiary/aromatic N) is 1. The summed E-state index contributed by atoms with van der Waals surface area (Å²) < 4.78 is 33.1. The monoisotopic (exact) mass is 464 g/mol. The lowest BCUT2D eigenvalue weighted by Crippen LogP contribution is -2.46. The van der Waals surface area contributed by atoms with Crippen molar-refractivity contribution in [1.29, 1.82) is 0 Å². The first-order valence-corrected chi connectivity index (χ1v) is 12.5. The number of sulfonamides is 1. The second kappa shape index (κ2) is 10.2. The van der Waals surface area contributed by atoms with Crippen LogP contribution < -0.4 is 10.1 Å². The second-order valence-electron chi connectivity index (χ2n) is 8.11. The lowest BCUT2D eigenvalue weighted by Gasteiger charge is -2.32. The Balaban J connectivity index is 1.57. The fourth-order valence-electron chi connectivity index (χ4n) is 4.27. The van der Waals surface area contributed by atoms with Gasteiger partial charge in [0.2, 0.25) is 15.9 Å². The largest absolute Gasteiger partial charge is 0.496 e. The molecule has 7 heteroatoms. The number of nitrogens with one attached hydrogen (secondary N) is 1. The standard InChI is InChI=1S/C26H28N2O4S/c1-32-24-17-9-8-16-23(24)25(20-11-4-2-5-12-20)27-26(29)21-13-10-18-28(19-21)33(30,31)22-14-6-3-7-15-22/h2-9,11-12,14-17,21,25H,10,13,18-19H2,1H3,(H,27,29). The van der Waals surface area contributed by atoms with Gasteiger partial charge in [0.05, 0.1) is 24.0 Å². The summed E-state index contributed by atoms with van der Waals surface area (Å²) in [7, 11) is -2.03. The molecule has 0 saturated carbocycles. The maximum Gasteiger partial charge on any atom is 0.243 e. The van der Waals surface area contributed by atoms with Crippen molar-refractivity contribution in [2.45, 2.75) is 23.8 Å². The minimum absolute atomic E-state index is 0.163. The van der Waals surface area contributed by atoms with Crippen LogP contribution in [0.25, 0.3) is 0 Å². The Labute approximate surface area is 195 Å². The van der Waals surface area contributed by atoms with E-state index in [2.05, 4.69) is 5.32 Å². The molecule has 1 aliphatic rings. The molecule has 33 heavy (non-hydrogen) atoms. The van der Waals surface area contributed by atoms with E-state index >= 15 is 0 Å². The quantitative estimate of drug-likeness (QED) is 0.573. The van der Waals surface area contributed by atoms with Crippen LogP contribution in [0.5, 0.6) is 5.75 Å². The molecule has 3 aromatic carbocycles. The zero-order valence-corrected chi connectivity index (χ0v) is 19.4. The Kier molecular flexibility index (Phi) is 7.11. The maximum absolute atomic E-state index is 13.4. The van der Waals surface area contributed by atoms with E-state index in [4.69, 9.17) is 4.74 Å². The molecule has 1 aliphatic heterocycles. The summed E-state index contributed by atoms with van der Waals surface area (Å²) in [5.74, 6) is 0.0875. The van der Waals surface area contributed by atoms with Gasteiger partial charge in [-0.3, -0.25) is 4.79 Å². The number of carbonyl (C=O) groups excluding carboxylic acids is 1. The lowest BCUT2D eigenvalue weighted by atomic mass is 9.94. The van der Waals surface area contributed by atoms with Crippen LogP contribution in [-0.2, 0) is 14.8 Å². The molecule has 6 nitrogen and oxygen atoms in total. The molecule has 1 amide bonds. The van der Waals surface area contributed by atoms with Gasteiger partial charge < -0.3 is 10.1 Å². The highest BCUT2D eigenvalue weighted by Gasteiger charge is 2.34. The Morgan fingerprint density at radius 1 is 0.970 bits per heavy atom. The molecule has 0 bridgehead atoms. The minimum atomic E-state index is -3.64. The number of ether oxygens (including phenoxy) is 1. The average Bonchev–Trinajstić information content (AvgIpc) is 2.88. The smallest absolute Gasteiger partial charge is 0.243 e. The fraction of sp³-hybridized carbons (Fsp3) is 0.269. The summed E-state index contributed by atoms with van der Waals surface area (Å²) in [6.45, 7) is 0.576. The molecular weight excluding hydrogens is 436 g/mol. The molecule has 1 N–H and O–H groups in total. The zero-order valence-electron chi connectivity index (χ0n) is 18.6. The van der Waals surface area contributed by atoms with Crippen LogP contribution in [0, 0.1) is 5.92 Å². The first kappa shape index (κ1) is 23.0. The van der Waals surface area contributed by atoms with E-state index in [9.17, 15) is 13.2 Å². The molecular formula is C26H28N2O4S. The number of para-hydroxylation sites is 1. The topological polar surface area (TPSA) is 75.7 Å². The summed E-state index contributed by atoms with van der Waals surface area (Å²) in [5, 5.41) is 3.17. The van der Waals surface area contributed by atoms with Crippen molar-refractivity contribution in [3.8, 4) is 5.75 Å². The van der Waals surface area contributed by atoms with Crippen LogP contribution in [0.4, 0.5) is 0 Å². The molecule has 1 saturated heterocycles. The van der Waals surface area contributed by atoms with Gasteiger partial charge in [-0.15, -0.1) is 0 Å². The molecule has 1 fully saturated rings. The number of rotatable bonds is 7. The van der Waals surface area contributed by atoms with Gasteiger partial charge in [0.15, 0.2) is 0 Å². The summed E-state index contributed by atoms with van der Waals surface area (Å²) in [5.41, 5.74) is 1.78. The van der Waals surface area contributed by atoms with Crippen molar-refractivity contribution in [3.05, 3.63) is 96.1 Å². The SMILES string of the molecule is COc1ccccc1C(NC(=O)C1CCCN(S(=O)(=O)c2ccccc2)C1)c1ccccc1. The van der Waals surface area contributed by atoms with Gasteiger partial charge in [-0.1, -0.05) is 66.7 Å². The van der Waals surface area contributed by atoms with E-state index in [1.807, 2.05) is 54.6 Å². The van der Waals surface area contributed by atoms with E-state index in [-0.39, 0.29) is 17.3 Å². The predicted octanol–water partition coefficient (Wildman–Crippen LogP) is 4.00. The van der Waals surface area contributed by atoms with Crippen LogP contribution in [0.3, 0.4) is 0 Å². The number of benzene rings is 3. The second-order valence-corrected chi connectivity index (χ2v) is 10.0. The molecule has 4 rings (SSSR count). The third-order valence-corrected chi connectivity index (χ3v) is 7.88. The minimum Gasteiger partial charge on any atom is -0.496 e. The molecule has 2 unspecified atom stereocenters. The molecule has 2 atom stereocenters. The number of methoxy groups -OCH3 is 1. The molecule has 3 aromatic rings. The normalized spacial score (nSPS) is 17.8. The first-order chi connectivity index (χ1) is 16.0. The van der Waals surface area contributed by atoms with E-state index in [1.54, 1.807) is 37.4 Å². The van der Waals surface area contributed by atoms with Crippen molar-refractivity contribution in [1.82, 2.24) is 9.62 Å². The number of carbonyl (C=O) groups is 1. The van der Waals surface area contributed by atoms with Crippen molar-refractivity contribution in [2.24, 2.45) is 5.92 Å². The maximum atomic E-state index is 13.4. The van der Waals surface area contributed by atoms with Crippen LogP contribution >= 0.6 is 0 Å². The number of amides is 1. The van der Waals surface area contributed by atoms with Crippen molar-refractivity contribution in [2.75, 3.05) is 20.2 Å². The highest BCUT2D eigenvalue weighted by atomic mass is 32.2. The van der Waals surface area contributed by atoms with Crippen LogP contribution in [0.2, 0.25) is 0 Å². The van der Waals surface area contributed by atoms with Gasteiger partial charge in [0, 0.05) is 18.7 Å². The third-order valence-electron chi connectivity index (χ3n) is 6.01. The van der Waals surface area contributed by atoms with Crippen LogP contribution in [0.15, 0.2) is 89.8 Å². The highest BCUT2D eigenvalue weighted by Crippen LogP contribution is 2.31. The zero-order chi connectivity index (χ0) is 23.3.